The second kappa shape index (κ2) is 5.46. The summed E-state index contributed by atoms with van der Waals surface area (Å²) in [5, 5.41) is 1.19. The number of benzene rings is 2. The lowest BCUT2D eigenvalue weighted by Gasteiger charge is -2.04. The van der Waals surface area contributed by atoms with E-state index in [0.29, 0.717) is 15.6 Å². The van der Waals surface area contributed by atoms with Crippen molar-refractivity contribution in [3.8, 4) is 0 Å². The zero-order chi connectivity index (χ0) is 15.0. The van der Waals surface area contributed by atoms with E-state index in [1.54, 1.807) is 30.3 Å². The van der Waals surface area contributed by atoms with Gasteiger partial charge in [-0.1, -0.05) is 40.6 Å². The molecule has 0 aliphatic carbocycles. The third-order valence-electron chi connectivity index (χ3n) is 2.68. The highest BCUT2D eigenvalue weighted by Gasteiger charge is 2.17. The molecule has 0 bridgehead atoms. The molecule has 0 unspecified atom stereocenters. The first kappa shape index (κ1) is 14.6. The summed E-state index contributed by atoms with van der Waals surface area (Å²) in [6.45, 7) is 0. The SMILES string of the molecule is O=S(=O)(Nc1nc2cc(Cl)ccc2s1)c1cccc(Cl)c1. The minimum Gasteiger partial charge on any atom is -0.255 e. The van der Waals surface area contributed by atoms with Crippen LogP contribution in [0.5, 0.6) is 0 Å². The Bertz CT molecular complexity index is 923. The van der Waals surface area contributed by atoms with Crippen LogP contribution in [0.2, 0.25) is 10.0 Å². The van der Waals surface area contributed by atoms with Crippen molar-refractivity contribution in [1.29, 1.82) is 0 Å². The van der Waals surface area contributed by atoms with Gasteiger partial charge in [0.1, 0.15) is 0 Å². The number of fused-ring (bicyclic) bond motifs is 1. The number of sulfonamides is 1. The molecule has 3 rings (SSSR count). The second-order valence-corrected chi connectivity index (χ2v) is 7.78. The van der Waals surface area contributed by atoms with Gasteiger partial charge in [-0.25, -0.2) is 13.4 Å². The molecule has 0 fully saturated rings. The number of hydrogen-bond donors (Lipinski definition) is 1. The number of hydrogen-bond acceptors (Lipinski definition) is 4. The van der Waals surface area contributed by atoms with E-state index in [2.05, 4.69) is 9.71 Å². The Kier molecular flexibility index (Phi) is 3.79. The van der Waals surface area contributed by atoms with Crippen molar-refractivity contribution >= 4 is 59.9 Å². The summed E-state index contributed by atoms with van der Waals surface area (Å²) in [7, 11) is -3.71. The van der Waals surface area contributed by atoms with Crippen LogP contribution in [0.1, 0.15) is 0 Å². The molecule has 0 spiro atoms. The maximum absolute atomic E-state index is 12.3. The van der Waals surface area contributed by atoms with E-state index >= 15 is 0 Å². The van der Waals surface area contributed by atoms with Crippen LogP contribution in [0.3, 0.4) is 0 Å². The Morgan fingerprint density at radius 3 is 2.57 bits per heavy atom. The molecule has 4 nitrogen and oxygen atoms in total. The van der Waals surface area contributed by atoms with Gasteiger partial charge in [0, 0.05) is 10.0 Å². The standard InChI is InChI=1S/C13H8Cl2N2O2S2/c14-8-2-1-3-10(6-8)21(18,19)17-13-16-11-7-9(15)4-5-12(11)20-13/h1-7H,(H,16,17). The largest absolute Gasteiger partial charge is 0.263 e. The first-order chi connectivity index (χ1) is 9.94. The minimum absolute atomic E-state index is 0.0901. The molecule has 1 aromatic heterocycles. The lowest BCUT2D eigenvalue weighted by Crippen LogP contribution is -2.12. The Morgan fingerprint density at radius 1 is 1.05 bits per heavy atom. The number of nitrogens with one attached hydrogen (secondary N) is 1. The predicted octanol–water partition coefficient (Wildman–Crippen LogP) is 4.40. The number of aromatic nitrogens is 1. The number of rotatable bonds is 3. The van der Waals surface area contributed by atoms with Crippen LogP contribution in [0.15, 0.2) is 47.4 Å². The molecule has 0 atom stereocenters. The highest BCUT2D eigenvalue weighted by atomic mass is 35.5. The molecular formula is C13H8Cl2N2O2S2. The highest BCUT2D eigenvalue weighted by Crippen LogP contribution is 2.29. The van der Waals surface area contributed by atoms with Crippen molar-refractivity contribution in [2.75, 3.05) is 4.72 Å². The number of thiazole rings is 1. The Labute approximate surface area is 135 Å². The van der Waals surface area contributed by atoms with Crippen molar-refractivity contribution in [3.63, 3.8) is 0 Å². The van der Waals surface area contributed by atoms with Crippen molar-refractivity contribution in [2.24, 2.45) is 0 Å². The normalized spacial score (nSPS) is 11.7. The van der Waals surface area contributed by atoms with Gasteiger partial charge >= 0.3 is 0 Å². The highest BCUT2D eigenvalue weighted by molar-refractivity contribution is 7.93. The van der Waals surface area contributed by atoms with Crippen LogP contribution in [0.4, 0.5) is 5.13 Å². The summed E-state index contributed by atoms with van der Waals surface area (Å²) >= 11 is 12.9. The maximum Gasteiger partial charge on any atom is 0.263 e. The van der Waals surface area contributed by atoms with Crippen LogP contribution in [0.25, 0.3) is 10.2 Å². The lowest BCUT2D eigenvalue weighted by molar-refractivity contribution is 0.601. The smallest absolute Gasteiger partial charge is 0.255 e. The molecule has 0 radical (unpaired) electrons. The fraction of sp³-hybridized carbons (Fsp3) is 0. The maximum atomic E-state index is 12.3. The molecule has 0 aliphatic rings. The molecule has 0 amide bonds. The molecule has 108 valence electrons. The molecule has 21 heavy (non-hydrogen) atoms. The zero-order valence-corrected chi connectivity index (χ0v) is 13.5. The monoisotopic (exact) mass is 358 g/mol. The summed E-state index contributed by atoms with van der Waals surface area (Å²) in [5.41, 5.74) is 0.649. The van der Waals surface area contributed by atoms with Gasteiger partial charge in [-0.3, -0.25) is 4.72 Å². The van der Waals surface area contributed by atoms with Crippen molar-refractivity contribution in [2.45, 2.75) is 4.90 Å². The molecule has 0 saturated heterocycles. The Morgan fingerprint density at radius 2 is 1.81 bits per heavy atom. The second-order valence-electron chi connectivity index (χ2n) is 4.19. The predicted molar refractivity (Wildman–Crippen MR) is 86.9 cm³/mol. The third kappa shape index (κ3) is 3.13. The summed E-state index contributed by atoms with van der Waals surface area (Å²) in [6, 6.07) is 11.3. The number of anilines is 1. The number of halogens is 2. The van der Waals surface area contributed by atoms with E-state index in [9.17, 15) is 8.42 Å². The van der Waals surface area contributed by atoms with E-state index in [0.717, 1.165) is 4.70 Å². The van der Waals surface area contributed by atoms with Gasteiger partial charge in [-0.2, -0.15) is 0 Å². The van der Waals surface area contributed by atoms with E-state index < -0.39 is 10.0 Å². The van der Waals surface area contributed by atoms with E-state index in [-0.39, 0.29) is 10.0 Å². The van der Waals surface area contributed by atoms with Gasteiger partial charge in [0.2, 0.25) is 0 Å². The van der Waals surface area contributed by atoms with Gasteiger partial charge in [-0.15, -0.1) is 0 Å². The van der Waals surface area contributed by atoms with Crippen LogP contribution < -0.4 is 4.72 Å². The fourth-order valence-corrected chi connectivity index (χ4v) is 4.30. The van der Waals surface area contributed by atoms with Crippen molar-refractivity contribution in [3.05, 3.63) is 52.5 Å². The van der Waals surface area contributed by atoms with Gasteiger partial charge in [-0.05, 0) is 36.4 Å². The van der Waals surface area contributed by atoms with Crippen LogP contribution in [-0.2, 0) is 10.0 Å². The number of nitrogens with zero attached hydrogens (tertiary/aromatic N) is 1. The van der Waals surface area contributed by atoms with Crippen LogP contribution >= 0.6 is 34.5 Å². The molecule has 8 heteroatoms. The molecule has 1 N–H and O–H groups in total. The average molecular weight is 359 g/mol. The summed E-state index contributed by atoms with van der Waals surface area (Å²) in [4.78, 5) is 4.31. The van der Waals surface area contributed by atoms with Gasteiger partial charge in [0.05, 0.1) is 15.1 Å². The summed E-state index contributed by atoms with van der Waals surface area (Å²) < 4.78 is 27.8. The summed E-state index contributed by atoms with van der Waals surface area (Å²) in [6.07, 6.45) is 0. The van der Waals surface area contributed by atoms with E-state index in [4.69, 9.17) is 23.2 Å². The molecule has 1 heterocycles. The molecule has 3 aromatic rings. The Hall–Kier alpha value is -1.34. The topological polar surface area (TPSA) is 59.1 Å². The van der Waals surface area contributed by atoms with Crippen LogP contribution in [-0.4, -0.2) is 13.4 Å². The van der Waals surface area contributed by atoms with E-state index in [1.165, 1.54) is 23.5 Å². The summed E-state index contributed by atoms with van der Waals surface area (Å²) in [5.74, 6) is 0. The van der Waals surface area contributed by atoms with Crippen LogP contribution in [0, 0.1) is 0 Å². The van der Waals surface area contributed by atoms with Crippen molar-refractivity contribution < 1.29 is 8.42 Å². The van der Waals surface area contributed by atoms with Gasteiger partial charge in [0.15, 0.2) is 5.13 Å². The first-order valence-corrected chi connectivity index (χ1v) is 8.84. The molecular weight excluding hydrogens is 351 g/mol. The van der Waals surface area contributed by atoms with Gasteiger partial charge < -0.3 is 0 Å². The zero-order valence-electron chi connectivity index (χ0n) is 10.4. The van der Waals surface area contributed by atoms with Gasteiger partial charge in [0.25, 0.3) is 10.0 Å². The Balaban J connectivity index is 1.97. The quantitative estimate of drug-likeness (QED) is 0.754. The molecule has 0 saturated carbocycles. The lowest BCUT2D eigenvalue weighted by atomic mass is 10.3. The van der Waals surface area contributed by atoms with Crippen molar-refractivity contribution in [1.82, 2.24) is 4.98 Å². The first-order valence-electron chi connectivity index (χ1n) is 5.78. The van der Waals surface area contributed by atoms with E-state index in [1.807, 2.05) is 0 Å². The average Bonchev–Trinajstić information content (AvgIpc) is 2.79. The third-order valence-corrected chi connectivity index (χ3v) is 5.57. The minimum atomic E-state index is -3.71. The molecule has 2 aromatic carbocycles. The fourth-order valence-electron chi connectivity index (χ4n) is 1.75. The molecule has 0 aliphatic heterocycles.